The van der Waals surface area contributed by atoms with Crippen molar-refractivity contribution >= 4 is 5.91 Å². The summed E-state index contributed by atoms with van der Waals surface area (Å²) in [5.41, 5.74) is 1.21. The van der Waals surface area contributed by atoms with Crippen LogP contribution in [0.5, 0.6) is 0 Å². The van der Waals surface area contributed by atoms with E-state index in [1.54, 1.807) is 6.20 Å². The lowest BCUT2D eigenvalue weighted by Gasteiger charge is -2.34. The van der Waals surface area contributed by atoms with Gasteiger partial charge >= 0.3 is 0 Å². The van der Waals surface area contributed by atoms with Gasteiger partial charge in [0.05, 0.1) is 13.2 Å². The Morgan fingerprint density at radius 3 is 2.88 bits per heavy atom. The number of hydrogen-bond donors (Lipinski definition) is 0. The maximum atomic E-state index is 12.9. The summed E-state index contributed by atoms with van der Waals surface area (Å²) in [4.78, 5) is 21.8. The quantitative estimate of drug-likeness (QED) is 0.844. The van der Waals surface area contributed by atoms with Crippen LogP contribution in [0, 0.1) is 11.8 Å². The van der Waals surface area contributed by atoms with Crippen LogP contribution in [-0.4, -0.2) is 66.1 Å². The van der Waals surface area contributed by atoms with Crippen LogP contribution in [0.3, 0.4) is 0 Å². The Morgan fingerprint density at radius 1 is 1.33 bits per heavy atom. The number of likely N-dealkylation sites (tertiary alicyclic amines) is 1. The number of pyridine rings is 1. The average molecular weight is 329 g/mol. The number of carbonyl (C=O) groups is 1. The van der Waals surface area contributed by atoms with E-state index in [0.717, 1.165) is 52.2 Å². The molecular formula is C19H27N3O2. The molecule has 3 fully saturated rings. The summed E-state index contributed by atoms with van der Waals surface area (Å²) in [6.07, 6.45) is 5.83. The number of ether oxygens (including phenoxy) is 1. The van der Waals surface area contributed by atoms with E-state index in [2.05, 4.69) is 27.8 Å². The maximum absolute atomic E-state index is 12.9. The summed E-state index contributed by atoms with van der Waals surface area (Å²) < 4.78 is 5.49. The van der Waals surface area contributed by atoms with Crippen LogP contribution in [0.2, 0.25) is 0 Å². The highest BCUT2D eigenvalue weighted by Gasteiger charge is 2.48. The first-order valence-electron chi connectivity index (χ1n) is 9.28. The van der Waals surface area contributed by atoms with Gasteiger partial charge in [0, 0.05) is 50.5 Å². The molecule has 1 aromatic rings. The molecule has 4 rings (SSSR count). The van der Waals surface area contributed by atoms with Gasteiger partial charge in [-0.2, -0.15) is 0 Å². The molecule has 2 saturated heterocycles. The van der Waals surface area contributed by atoms with E-state index in [-0.39, 0.29) is 5.92 Å². The molecule has 24 heavy (non-hydrogen) atoms. The Labute approximate surface area is 144 Å². The van der Waals surface area contributed by atoms with Gasteiger partial charge in [-0.25, -0.2) is 0 Å². The van der Waals surface area contributed by atoms with Crippen LogP contribution in [0.15, 0.2) is 24.5 Å². The molecule has 1 aromatic heterocycles. The first kappa shape index (κ1) is 16.0. The van der Waals surface area contributed by atoms with Crippen LogP contribution in [0.1, 0.15) is 31.2 Å². The minimum absolute atomic E-state index is 0.176. The van der Waals surface area contributed by atoms with E-state index in [9.17, 15) is 4.79 Å². The summed E-state index contributed by atoms with van der Waals surface area (Å²) in [5.74, 6) is 1.52. The number of rotatable bonds is 4. The zero-order valence-electron chi connectivity index (χ0n) is 14.4. The van der Waals surface area contributed by atoms with Gasteiger partial charge < -0.3 is 9.64 Å². The van der Waals surface area contributed by atoms with E-state index >= 15 is 0 Å². The molecule has 1 aliphatic carbocycles. The number of aromatic nitrogens is 1. The first-order chi connectivity index (χ1) is 11.8. The van der Waals surface area contributed by atoms with Crippen molar-refractivity contribution in [3.63, 3.8) is 0 Å². The van der Waals surface area contributed by atoms with E-state index in [1.807, 2.05) is 12.3 Å². The predicted molar refractivity (Wildman–Crippen MR) is 91.6 cm³/mol. The third-order valence-corrected chi connectivity index (χ3v) is 5.98. The molecular weight excluding hydrogens is 302 g/mol. The molecule has 130 valence electrons. The highest BCUT2D eigenvalue weighted by atomic mass is 16.5. The fourth-order valence-electron chi connectivity index (χ4n) is 4.42. The molecule has 0 unspecified atom stereocenters. The topological polar surface area (TPSA) is 45.7 Å². The van der Waals surface area contributed by atoms with Crippen LogP contribution in [-0.2, 0) is 9.53 Å². The van der Waals surface area contributed by atoms with Gasteiger partial charge in [0.2, 0.25) is 5.91 Å². The van der Waals surface area contributed by atoms with Crippen molar-refractivity contribution in [2.24, 2.45) is 11.8 Å². The van der Waals surface area contributed by atoms with Gasteiger partial charge in [0.15, 0.2) is 0 Å². The van der Waals surface area contributed by atoms with Crippen LogP contribution in [0.25, 0.3) is 0 Å². The van der Waals surface area contributed by atoms with E-state index in [4.69, 9.17) is 4.74 Å². The molecule has 0 spiro atoms. The van der Waals surface area contributed by atoms with Gasteiger partial charge in [-0.3, -0.25) is 14.7 Å². The number of carbonyl (C=O) groups excluding carboxylic acids is 1. The Balaban J connectivity index is 1.39. The number of hydrogen-bond acceptors (Lipinski definition) is 4. The largest absolute Gasteiger partial charge is 0.379 e. The van der Waals surface area contributed by atoms with Crippen molar-refractivity contribution in [2.45, 2.75) is 31.7 Å². The second-order valence-electron chi connectivity index (χ2n) is 7.36. The van der Waals surface area contributed by atoms with Gasteiger partial charge in [-0.15, -0.1) is 0 Å². The van der Waals surface area contributed by atoms with Gasteiger partial charge in [-0.1, -0.05) is 19.4 Å². The molecule has 4 atom stereocenters. The summed E-state index contributed by atoms with van der Waals surface area (Å²) in [5, 5.41) is 0. The standard InChI is InChI=1S/C19H27N3O2/c1-2-14-12-22(13-18(14)21-6-8-24-9-7-21)19(23)17-10-16(17)15-4-3-5-20-11-15/h3-5,11,14,16-18H,2,6-10,12-13H2,1H3/t14-,16-,17-,18+/m1/s1. The smallest absolute Gasteiger partial charge is 0.226 e. The normalized spacial score (nSPS) is 33.6. The molecule has 2 aliphatic heterocycles. The highest BCUT2D eigenvalue weighted by molar-refractivity contribution is 5.83. The molecule has 1 amide bonds. The minimum Gasteiger partial charge on any atom is -0.379 e. The molecule has 0 bridgehead atoms. The zero-order chi connectivity index (χ0) is 16.5. The fraction of sp³-hybridized carbons (Fsp3) is 0.684. The molecule has 0 aromatic carbocycles. The average Bonchev–Trinajstić information content (AvgIpc) is 3.33. The molecule has 3 heterocycles. The summed E-state index contributed by atoms with van der Waals surface area (Å²) >= 11 is 0. The second kappa shape index (κ2) is 6.81. The Morgan fingerprint density at radius 2 is 2.17 bits per heavy atom. The van der Waals surface area contributed by atoms with Crippen molar-refractivity contribution in [1.82, 2.24) is 14.8 Å². The van der Waals surface area contributed by atoms with Crippen LogP contribution >= 0.6 is 0 Å². The fourth-order valence-corrected chi connectivity index (χ4v) is 4.42. The molecule has 3 aliphatic rings. The molecule has 0 radical (unpaired) electrons. The van der Waals surface area contributed by atoms with Crippen LogP contribution < -0.4 is 0 Å². The van der Waals surface area contributed by atoms with Crippen molar-refractivity contribution in [2.75, 3.05) is 39.4 Å². The van der Waals surface area contributed by atoms with E-state index in [1.165, 1.54) is 5.56 Å². The summed E-state index contributed by atoms with van der Waals surface area (Å²) in [6.45, 7) is 7.73. The van der Waals surface area contributed by atoms with Crippen molar-refractivity contribution in [1.29, 1.82) is 0 Å². The lowest BCUT2D eigenvalue weighted by Crippen LogP contribution is -2.47. The SMILES string of the molecule is CC[C@@H]1CN(C(=O)[C@@H]2C[C@@H]2c2cccnc2)C[C@@H]1N1CCOCC1. The summed E-state index contributed by atoms with van der Waals surface area (Å²) in [6, 6.07) is 4.57. The van der Waals surface area contributed by atoms with Gasteiger partial charge in [-0.05, 0) is 29.9 Å². The molecule has 1 saturated carbocycles. The summed E-state index contributed by atoms with van der Waals surface area (Å²) in [7, 11) is 0. The Kier molecular flexibility index (Phi) is 4.55. The van der Waals surface area contributed by atoms with Gasteiger partial charge in [0.1, 0.15) is 0 Å². The third-order valence-electron chi connectivity index (χ3n) is 5.98. The van der Waals surface area contributed by atoms with E-state index in [0.29, 0.717) is 23.8 Å². The number of morpholine rings is 1. The van der Waals surface area contributed by atoms with E-state index < -0.39 is 0 Å². The predicted octanol–water partition coefficient (Wildman–Crippen LogP) is 1.75. The third kappa shape index (κ3) is 3.07. The first-order valence-corrected chi connectivity index (χ1v) is 9.28. The van der Waals surface area contributed by atoms with Gasteiger partial charge in [0.25, 0.3) is 0 Å². The maximum Gasteiger partial charge on any atom is 0.226 e. The molecule has 5 nitrogen and oxygen atoms in total. The lowest BCUT2D eigenvalue weighted by molar-refractivity contribution is -0.132. The Bertz CT molecular complexity index is 573. The lowest BCUT2D eigenvalue weighted by atomic mass is 9.99. The number of amides is 1. The highest BCUT2D eigenvalue weighted by Crippen LogP contribution is 2.48. The van der Waals surface area contributed by atoms with Crippen LogP contribution in [0.4, 0.5) is 0 Å². The van der Waals surface area contributed by atoms with Crippen molar-refractivity contribution in [3.05, 3.63) is 30.1 Å². The Hall–Kier alpha value is -1.46. The molecule has 0 N–H and O–H groups in total. The monoisotopic (exact) mass is 329 g/mol. The number of nitrogens with zero attached hydrogens (tertiary/aromatic N) is 3. The van der Waals surface area contributed by atoms with Crippen molar-refractivity contribution in [3.8, 4) is 0 Å². The van der Waals surface area contributed by atoms with Crippen molar-refractivity contribution < 1.29 is 9.53 Å². The molecule has 5 heteroatoms. The zero-order valence-corrected chi connectivity index (χ0v) is 14.4. The second-order valence-corrected chi connectivity index (χ2v) is 7.36. The minimum atomic E-state index is 0.176.